The Bertz CT molecular complexity index is 627. The van der Waals surface area contributed by atoms with E-state index >= 15 is 0 Å². The molecule has 154 valence electrons. The highest BCUT2D eigenvalue weighted by atomic mass is 127. The molecule has 27 heavy (non-hydrogen) atoms. The summed E-state index contributed by atoms with van der Waals surface area (Å²) in [6.45, 7) is 13.2. The minimum atomic E-state index is 0. The monoisotopic (exact) mass is 490 g/mol. The van der Waals surface area contributed by atoms with Gasteiger partial charge in [0.2, 0.25) is 0 Å². The predicted molar refractivity (Wildman–Crippen MR) is 119 cm³/mol. The van der Waals surface area contributed by atoms with Crippen LogP contribution in [-0.4, -0.2) is 36.4 Å². The molecule has 6 nitrogen and oxygen atoms in total. The zero-order chi connectivity index (χ0) is 18.7. The van der Waals surface area contributed by atoms with Gasteiger partial charge in [-0.15, -0.1) is 24.0 Å². The zero-order valence-corrected chi connectivity index (χ0v) is 19.6. The van der Waals surface area contributed by atoms with Gasteiger partial charge in [0.25, 0.3) is 0 Å². The Kier molecular flexibility index (Phi) is 7.97. The molecule has 0 bridgehead atoms. The molecule has 1 saturated heterocycles. The van der Waals surface area contributed by atoms with Crippen LogP contribution in [0.4, 0.5) is 0 Å². The maximum atomic E-state index is 5.89. The molecule has 0 amide bonds. The van der Waals surface area contributed by atoms with Crippen LogP contribution in [0, 0.1) is 11.3 Å². The van der Waals surface area contributed by atoms with Crippen LogP contribution in [0.15, 0.2) is 15.6 Å². The molecular weight excluding hydrogens is 455 g/mol. The van der Waals surface area contributed by atoms with E-state index in [1.807, 2.05) is 0 Å². The highest BCUT2D eigenvalue weighted by Crippen LogP contribution is 2.52. The Morgan fingerprint density at radius 2 is 2.07 bits per heavy atom. The SMILES string of the molecule is CCNC(=NCc1cc(C(CC)CC)no1)NC1C2CCOC2C1(C)C.I. The second-order valence-electron chi connectivity index (χ2n) is 8.11. The van der Waals surface area contributed by atoms with Crippen molar-refractivity contribution in [1.82, 2.24) is 15.8 Å². The molecule has 2 N–H and O–H groups in total. The Morgan fingerprint density at radius 3 is 2.74 bits per heavy atom. The topological polar surface area (TPSA) is 71.7 Å². The number of fused-ring (bicyclic) bond motifs is 1. The van der Waals surface area contributed by atoms with Crippen molar-refractivity contribution < 1.29 is 9.26 Å². The molecule has 3 unspecified atom stereocenters. The maximum absolute atomic E-state index is 5.89. The lowest BCUT2D eigenvalue weighted by atomic mass is 9.57. The molecule has 1 aromatic rings. The summed E-state index contributed by atoms with van der Waals surface area (Å²) in [5.41, 5.74) is 1.18. The van der Waals surface area contributed by atoms with Crippen LogP contribution in [0.5, 0.6) is 0 Å². The van der Waals surface area contributed by atoms with Gasteiger partial charge in [-0.1, -0.05) is 32.9 Å². The number of ether oxygens (including phenoxy) is 1. The molecular formula is C20H35IN4O2. The van der Waals surface area contributed by atoms with E-state index < -0.39 is 0 Å². The summed E-state index contributed by atoms with van der Waals surface area (Å²) in [6.07, 6.45) is 3.67. The lowest BCUT2D eigenvalue weighted by Crippen LogP contribution is -2.67. The fraction of sp³-hybridized carbons (Fsp3) is 0.800. The summed E-state index contributed by atoms with van der Waals surface area (Å²) < 4.78 is 11.4. The maximum Gasteiger partial charge on any atom is 0.191 e. The van der Waals surface area contributed by atoms with Crippen LogP contribution in [-0.2, 0) is 11.3 Å². The zero-order valence-electron chi connectivity index (χ0n) is 17.2. The number of nitrogens with zero attached hydrogens (tertiary/aromatic N) is 2. The van der Waals surface area contributed by atoms with E-state index in [2.05, 4.69) is 56.5 Å². The number of halogens is 1. The summed E-state index contributed by atoms with van der Waals surface area (Å²) in [5, 5.41) is 11.2. The summed E-state index contributed by atoms with van der Waals surface area (Å²) in [4.78, 5) is 4.73. The number of hydrogen-bond acceptors (Lipinski definition) is 4. The molecule has 2 heterocycles. The molecule has 0 radical (unpaired) electrons. The number of aromatic nitrogens is 1. The minimum absolute atomic E-state index is 0. The van der Waals surface area contributed by atoms with Crippen LogP contribution in [0.25, 0.3) is 0 Å². The molecule has 1 saturated carbocycles. The van der Waals surface area contributed by atoms with Gasteiger partial charge >= 0.3 is 0 Å². The van der Waals surface area contributed by atoms with Crippen molar-refractivity contribution in [3.63, 3.8) is 0 Å². The third kappa shape index (κ3) is 4.60. The average Bonchev–Trinajstić information content (AvgIpc) is 3.27. The van der Waals surface area contributed by atoms with Gasteiger partial charge in [0.05, 0.1) is 11.8 Å². The first-order valence-corrected chi connectivity index (χ1v) is 10.1. The third-order valence-corrected chi connectivity index (χ3v) is 6.11. The van der Waals surface area contributed by atoms with Crippen molar-refractivity contribution >= 4 is 29.9 Å². The van der Waals surface area contributed by atoms with Gasteiger partial charge in [0.1, 0.15) is 6.54 Å². The van der Waals surface area contributed by atoms with Gasteiger partial charge in [0.15, 0.2) is 11.7 Å². The van der Waals surface area contributed by atoms with E-state index in [9.17, 15) is 0 Å². The number of guanidine groups is 1. The molecule has 2 aliphatic rings. The Labute approximate surface area is 180 Å². The number of hydrogen-bond donors (Lipinski definition) is 2. The Hall–Kier alpha value is -0.830. The van der Waals surface area contributed by atoms with Crippen molar-refractivity contribution in [2.45, 2.75) is 78.5 Å². The summed E-state index contributed by atoms with van der Waals surface area (Å²) >= 11 is 0. The van der Waals surface area contributed by atoms with Crippen LogP contribution in [0.1, 0.15) is 71.3 Å². The van der Waals surface area contributed by atoms with Crippen molar-refractivity contribution in [1.29, 1.82) is 0 Å². The van der Waals surface area contributed by atoms with E-state index in [0.717, 1.165) is 49.8 Å². The van der Waals surface area contributed by atoms with Crippen molar-refractivity contribution in [3.8, 4) is 0 Å². The van der Waals surface area contributed by atoms with Gasteiger partial charge in [0, 0.05) is 42.5 Å². The quantitative estimate of drug-likeness (QED) is 0.343. The van der Waals surface area contributed by atoms with E-state index in [-0.39, 0.29) is 29.4 Å². The molecule has 0 spiro atoms. The van der Waals surface area contributed by atoms with Gasteiger partial charge in [-0.3, -0.25) is 0 Å². The van der Waals surface area contributed by atoms with E-state index in [1.165, 1.54) is 0 Å². The summed E-state index contributed by atoms with van der Waals surface area (Å²) in [5.74, 6) is 2.72. The van der Waals surface area contributed by atoms with E-state index in [4.69, 9.17) is 14.3 Å². The van der Waals surface area contributed by atoms with Gasteiger partial charge in [-0.05, 0) is 26.2 Å². The molecule has 1 aliphatic carbocycles. The van der Waals surface area contributed by atoms with Gasteiger partial charge in [-0.2, -0.15) is 0 Å². The fourth-order valence-corrected chi connectivity index (χ4v) is 4.54. The lowest BCUT2D eigenvalue weighted by Gasteiger charge is -2.54. The van der Waals surface area contributed by atoms with E-state index in [0.29, 0.717) is 30.5 Å². The van der Waals surface area contributed by atoms with Gasteiger partial charge in [-0.25, -0.2) is 4.99 Å². The average molecular weight is 490 g/mol. The normalized spacial score (nSPS) is 26.3. The molecule has 3 atom stereocenters. The summed E-state index contributed by atoms with van der Waals surface area (Å²) in [7, 11) is 0. The number of rotatable bonds is 7. The first-order valence-electron chi connectivity index (χ1n) is 10.1. The second kappa shape index (κ2) is 9.58. The molecule has 7 heteroatoms. The van der Waals surface area contributed by atoms with Crippen LogP contribution in [0.3, 0.4) is 0 Å². The van der Waals surface area contributed by atoms with E-state index in [1.54, 1.807) is 0 Å². The Morgan fingerprint density at radius 1 is 1.33 bits per heavy atom. The predicted octanol–water partition coefficient (Wildman–Crippen LogP) is 4.06. The van der Waals surface area contributed by atoms with Crippen LogP contribution in [0.2, 0.25) is 0 Å². The van der Waals surface area contributed by atoms with Crippen molar-refractivity contribution in [3.05, 3.63) is 17.5 Å². The van der Waals surface area contributed by atoms with Crippen LogP contribution >= 0.6 is 24.0 Å². The first kappa shape index (κ1) is 22.5. The number of aliphatic imine (C=N–C) groups is 1. The number of nitrogens with one attached hydrogen (secondary N) is 2. The summed E-state index contributed by atoms with van der Waals surface area (Å²) in [6, 6.07) is 2.45. The molecule has 2 fully saturated rings. The minimum Gasteiger partial charge on any atom is -0.377 e. The third-order valence-electron chi connectivity index (χ3n) is 6.11. The second-order valence-corrected chi connectivity index (χ2v) is 8.11. The highest BCUT2D eigenvalue weighted by Gasteiger charge is 2.59. The largest absolute Gasteiger partial charge is 0.377 e. The fourth-order valence-electron chi connectivity index (χ4n) is 4.54. The van der Waals surface area contributed by atoms with Crippen LogP contribution < -0.4 is 10.6 Å². The smallest absolute Gasteiger partial charge is 0.191 e. The van der Waals surface area contributed by atoms with Crippen molar-refractivity contribution in [2.75, 3.05) is 13.2 Å². The first-order chi connectivity index (χ1) is 12.5. The Balaban J connectivity index is 0.00000261. The molecule has 1 aliphatic heterocycles. The lowest BCUT2D eigenvalue weighted by molar-refractivity contribution is -0.106. The van der Waals surface area contributed by atoms with Crippen molar-refractivity contribution in [2.24, 2.45) is 16.3 Å². The highest BCUT2D eigenvalue weighted by molar-refractivity contribution is 14.0. The molecule has 1 aromatic heterocycles. The standard InChI is InChI=1S/C20H34N4O2.HI/c1-6-13(7-2)16-11-14(26-24-16)12-22-19(21-8-3)23-17-15-9-10-25-18(15)20(17,4)5;/h11,13,15,17-18H,6-10,12H2,1-5H3,(H2,21,22,23);1H. The van der Waals surface area contributed by atoms with Gasteiger partial charge < -0.3 is 19.9 Å². The molecule has 0 aromatic carbocycles. The molecule has 3 rings (SSSR count).